The van der Waals surface area contributed by atoms with Crippen molar-refractivity contribution < 1.29 is 0 Å². The first-order chi connectivity index (χ1) is 14.6. The van der Waals surface area contributed by atoms with Gasteiger partial charge in [-0.3, -0.25) is 0 Å². The van der Waals surface area contributed by atoms with Gasteiger partial charge in [-0.1, -0.05) is 98.2 Å². The first-order valence-corrected chi connectivity index (χ1v) is 10.3. The molecule has 1 nitrogen and oxygen atoms in total. The molecule has 2 aromatic carbocycles. The van der Waals surface area contributed by atoms with E-state index in [-0.39, 0.29) is 0 Å². The van der Waals surface area contributed by atoms with Gasteiger partial charge in [-0.2, -0.15) is 0 Å². The van der Waals surface area contributed by atoms with E-state index in [4.69, 9.17) is 0 Å². The summed E-state index contributed by atoms with van der Waals surface area (Å²) in [7, 11) is 0. The quantitative estimate of drug-likeness (QED) is 0.493. The van der Waals surface area contributed by atoms with Crippen molar-refractivity contribution in [2.45, 2.75) is 20.8 Å². The maximum Gasteiger partial charge on any atom is 0.0467 e. The number of nitrogens with one attached hydrogen (secondary N) is 1. The predicted molar refractivity (Wildman–Crippen MR) is 132 cm³/mol. The van der Waals surface area contributed by atoms with E-state index in [0.29, 0.717) is 0 Å². The van der Waals surface area contributed by atoms with Gasteiger partial charge in [-0.05, 0) is 49.1 Å². The summed E-state index contributed by atoms with van der Waals surface area (Å²) in [5.74, 6) is 0. The van der Waals surface area contributed by atoms with E-state index in [1.807, 2.05) is 31.2 Å². The molecule has 0 radical (unpaired) electrons. The Balaban J connectivity index is 2.24. The second kappa shape index (κ2) is 9.76. The van der Waals surface area contributed by atoms with Crippen LogP contribution in [0, 0.1) is 6.92 Å². The summed E-state index contributed by atoms with van der Waals surface area (Å²) >= 11 is 0. The summed E-state index contributed by atoms with van der Waals surface area (Å²) in [4.78, 5) is 0. The summed E-state index contributed by atoms with van der Waals surface area (Å²) in [5.41, 5.74) is 10.2. The van der Waals surface area contributed by atoms with Gasteiger partial charge in [-0.25, -0.2) is 0 Å². The van der Waals surface area contributed by atoms with Crippen LogP contribution in [0.15, 0.2) is 127 Å². The van der Waals surface area contributed by atoms with Gasteiger partial charge in [0, 0.05) is 28.1 Å². The predicted octanol–water partition coefficient (Wildman–Crippen LogP) is 7.93. The van der Waals surface area contributed by atoms with Gasteiger partial charge in [0.05, 0.1) is 0 Å². The number of anilines is 1. The van der Waals surface area contributed by atoms with Crippen molar-refractivity contribution in [2.24, 2.45) is 0 Å². The molecular formula is C29H29N. The number of allylic oxidation sites excluding steroid dienone is 9. The zero-order chi connectivity index (χ0) is 21.5. The molecule has 1 heterocycles. The number of hydrogen-bond donors (Lipinski definition) is 1. The third kappa shape index (κ3) is 4.36. The van der Waals surface area contributed by atoms with Crippen LogP contribution in [-0.4, -0.2) is 0 Å². The SMILES string of the molecule is C=CC(/C=C/C(=C)C1=C(c2ccccc2)c2c(C)cccc2N/C1=C/C)=C\C=C/C. The molecule has 0 spiro atoms. The first-order valence-electron chi connectivity index (χ1n) is 10.3. The van der Waals surface area contributed by atoms with E-state index in [2.05, 4.69) is 99.1 Å². The van der Waals surface area contributed by atoms with Crippen LogP contribution >= 0.6 is 0 Å². The van der Waals surface area contributed by atoms with Crippen LogP contribution in [0.5, 0.6) is 0 Å². The van der Waals surface area contributed by atoms with Crippen molar-refractivity contribution in [3.05, 3.63) is 143 Å². The van der Waals surface area contributed by atoms with Crippen molar-refractivity contribution in [3.63, 3.8) is 0 Å². The van der Waals surface area contributed by atoms with Gasteiger partial charge in [0.1, 0.15) is 0 Å². The van der Waals surface area contributed by atoms with Crippen LogP contribution < -0.4 is 5.32 Å². The topological polar surface area (TPSA) is 12.0 Å². The number of rotatable bonds is 6. The molecule has 1 N–H and O–H groups in total. The molecule has 0 aromatic heterocycles. The molecular weight excluding hydrogens is 362 g/mol. The molecule has 1 heteroatoms. The Morgan fingerprint density at radius 1 is 0.967 bits per heavy atom. The minimum absolute atomic E-state index is 0.955. The Labute approximate surface area is 180 Å². The monoisotopic (exact) mass is 391 g/mol. The molecule has 3 rings (SSSR count). The molecule has 0 bridgehead atoms. The van der Waals surface area contributed by atoms with Gasteiger partial charge < -0.3 is 5.32 Å². The lowest BCUT2D eigenvalue weighted by Gasteiger charge is -2.29. The molecule has 150 valence electrons. The molecule has 0 aliphatic carbocycles. The lowest BCUT2D eigenvalue weighted by atomic mass is 9.82. The molecule has 0 unspecified atom stereocenters. The summed E-state index contributed by atoms with van der Waals surface area (Å²) in [5, 5.41) is 3.62. The highest BCUT2D eigenvalue weighted by atomic mass is 14.9. The molecule has 1 aliphatic rings. The zero-order valence-corrected chi connectivity index (χ0v) is 18.1. The van der Waals surface area contributed by atoms with Gasteiger partial charge in [-0.15, -0.1) is 0 Å². The van der Waals surface area contributed by atoms with E-state index in [1.54, 1.807) is 0 Å². The molecule has 0 atom stereocenters. The highest BCUT2D eigenvalue weighted by Crippen LogP contribution is 2.43. The smallest absolute Gasteiger partial charge is 0.0467 e. The second-order valence-corrected chi connectivity index (χ2v) is 7.20. The number of fused-ring (bicyclic) bond motifs is 1. The molecule has 0 fully saturated rings. The summed E-state index contributed by atoms with van der Waals surface area (Å²) < 4.78 is 0. The van der Waals surface area contributed by atoms with E-state index in [1.165, 1.54) is 22.3 Å². The van der Waals surface area contributed by atoms with Gasteiger partial charge >= 0.3 is 0 Å². The maximum absolute atomic E-state index is 4.44. The highest BCUT2D eigenvalue weighted by Gasteiger charge is 2.25. The van der Waals surface area contributed by atoms with E-state index in [9.17, 15) is 0 Å². The summed E-state index contributed by atoms with van der Waals surface area (Å²) in [6.07, 6.45) is 14.2. The van der Waals surface area contributed by atoms with Crippen molar-refractivity contribution >= 4 is 11.3 Å². The Hall–Kier alpha value is -3.58. The Morgan fingerprint density at radius 3 is 2.40 bits per heavy atom. The van der Waals surface area contributed by atoms with E-state index < -0.39 is 0 Å². The number of hydrogen-bond acceptors (Lipinski definition) is 1. The molecule has 0 saturated heterocycles. The van der Waals surface area contributed by atoms with Crippen molar-refractivity contribution in [1.82, 2.24) is 0 Å². The third-order valence-electron chi connectivity index (χ3n) is 5.18. The maximum atomic E-state index is 4.44. The minimum atomic E-state index is 0.955. The Bertz CT molecular complexity index is 1100. The van der Waals surface area contributed by atoms with Crippen LogP contribution in [0.2, 0.25) is 0 Å². The summed E-state index contributed by atoms with van der Waals surface area (Å²) in [6, 6.07) is 17.0. The van der Waals surface area contributed by atoms with Crippen LogP contribution in [-0.2, 0) is 0 Å². The average molecular weight is 392 g/mol. The fraction of sp³-hybridized carbons (Fsp3) is 0.103. The van der Waals surface area contributed by atoms with Crippen molar-refractivity contribution in [1.29, 1.82) is 0 Å². The third-order valence-corrected chi connectivity index (χ3v) is 5.18. The van der Waals surface area contributed by atoms with Crippen LogP contribution in [0.1, 0.15) is 30.5 Å². The largest absolute Gasteiger partial charge is 0.355 e. The molecule has 30 heavy (non-hydrogen) atoms. The fourth-order valence-corrected chi connectivity index (χ4v) is 3.69. The number of benzene rings is 2. The van der Waals surface area contributed by atoms with E-state index >= 15 is 0 Å². The standard InChI is InChI=1S/C29H29N/c1-6-9-15-23(7-2)20-19-22(5)27-25(8-3)30-26-18-13-14-21(4)28(26)29(27)24-16-11-10-12-17-24/h6-20,30H,2,5H2,1,3-4H3/b9-6-,20-19+,23-15+,25-8+. The van der Waals surface area contributed by atoms with Gasteiger partial charge in [0.25, 0.3) is 0 Å². The minimum Gasteiger partial charge on any atom is -0.355 e. The Morgan fingerprint density at radius 2 is 1.73 bits per heavy atom. The molecule has 1 aliphatic heterocycles. The normalized spacial score (nSPS) is 15.6. The van der Waals surface area contributed by atoms with Crippen LogP contribution in [0.3, 0.4) is 0 Å². The van der Waals surface area contributed by atoms with Crippen molar-refractivity contribution in [2.75, 3.05) is 5.32 Å². The van der Waals surface area contributed by atoms with Crippen LogP contribution in [0.4, 0.5) is 5.69 Å². The molecule has 2 aromatic rings. The van der Waals surface area contributed by atoms with Crippen molar-refractivity contribution in [3.8, 4) is 0 Å². The van der Waals surface area contributed by atoms with E-state index in [0.717, 1.165) is 28.1 Å². The first kappa shape index (κ1) is 21.1. The Kier molecular flexibility index (Phi) is 6.87. The number of aryl methyl sites for hydroxylation is 1. The lowest BCUT2D eigenvalue weighted by Crippen LogP contribution is -2.15. The summed E-state index contributed by atoms with van der Waals surface area (Å²) in [6.45, 7) is 14.6. The highest BCUT2D eigenvalue weighted by molar-refractivity contribution is 5.97. The lowest BCUT2D eigenvalue weighted by molar-refractivity contribution is 1.27. The zero-order valence-electron chi connectivity index (χ0n) is 18.1. The molecule has 0 amide bonds. The average Bonchev–Trinajstić information content (AvgIpc) is 2.78. The second-order valence-electron chi connectivity index (χ2n) is 7.20. The van der Waals surface area contributed by atoms with Crippen LogP contribution in [0.25, 0.3) is 5.57 Å². The fourth-order valence-electron chi connectivity index (χ4n) is 3.69. The molecule has 0 saturated carbocycles. The van der Waals surface area contributed by atoms with Gasteiger partial charge in [0.15, 0.2) is 0 Å². The van der Waals surface area contributed by atoms with Gasteiger partial charge in [0.2, 0.25) is 0 Å².